The molecule has 2 fully saturated rings. The summed E-state index contributed by atoms with van der Waals surface area (Å²) in [6.07, 6.45) is 1.65. The first kappa shape index (κ1) is 23.8. The molecule has 1 N–H and O–H groups in total. The van der Waals surface area contributed by atoms with E-state index in [1.165, 1.54) is 38.3 Å². The van der Waals surface area contributed by atoms with Crippen molar-refractivity contribution in [2.75, 3.05) is 12.0 Å². The zero-order valence-corrected chi connectivity index (χ0v) is 19.3. The number of carbonyl (C=O) groups excluding carboxylic acids is 4. The number of carbonyl (C=O) groups is 4. The maximum Gasteiger partial charge on any atom is 0.326 e. The number of ether oxygens (including phenoxy) is 1. The van der Waals surface area contributed by atoms with Gasteiger partial charge >= 0.3 is 5.97 Å². The molecule has 2 aliphatic rings. The average Bonchev–Trinajstić information content (AvgIpc) is 3.31. The number of halogens is 1. The summed E-state index contributed by atoms with van der Waals surface area (Å²) in [7, 11) is 1.25. The number of fused-ring (bicyclic) bond motifs is 1. The highest BCUT2D eigenvalue weighted by Crippen LogP contribution is 2.51. The van der Waals surface area contributed by atoms with E-state index in [-0.39, 0.29) is 17.9 Å². The molecule has 4 rings (SSSR count). The van der Waals surface area contributed by atoms with Gasteiger partial charge in [-0.1, -0.05) is 44.0 Å². The third-order valence-electron chi connectivity index (χ3n) is 6.85. The average molecular weight is 467 g/mol. The minimum atomic E-state index is -1.44. The number of Topliss-reactive ketones (excluding diaryl/α,β-unsaturated/α-hetero) is 1. The molecule has 0 radical (unpaired) electrons. The first-order chi connectivity index (χ1) is 16.2. The maximum atomic E-state index is 14.1. The maximum absolute atomic E-state index is 14.1. The predicted octanol–water partition coefficient (Wildman–Crippen LogP) is 3.58. The highest BCUT2D eigenvalue weighted by atomic mass is 19.1. The van der Waals surface area contributed by atoms with Gasteiger partial charge in [-0.3, -0.25) is 24.5 Å². The Hall–Kier alpha value is -3.39. The molecule has 178 valence electrons. The van der Waals surface area contributed by atoms with Crippen molar-refractivity contribution >= 4 is 29.3 Å². The summed E-state index contributed by atoms with van der Waals surface area (Å²) in [5.41, 5.74) is -0.339. The van der Waals surface area contributed by atoms with Gasteiger partial charge in [0.2, 0.25) is 11.8 Å². The number of imide groups is 1. The molecular formula is C26H27FN2O5. The Morgan fingerprint density at radius 3 is 2.50 bits per heavy atom. The summed E-state index contributed by atoms with van der Waals surface area (Å²) >= 11 is 0. The second-order valence-electron chi connectivity index (χ2n) is 8.87. The van der Waals surface area contributed by atoms with E-state index in [1.54, 1.807) is 24.3 Å². The van der Waals surface area contributed by atoms with Gasteiger partial charge in [0.1, 0.15) is 11.4 Å². The normalized spacial score (nSPS) is 26.0. The minimum absolute atomic E-state index is 0.202. The van der Waals surface area contributed by atoms with Crippen LogP contribution in [0.1, 0.15) is 55.1 Å². The van der Waals surface area contributed by atoms with Gasteiger partial charge < -0.3 is 4.74 Å². The molecule has 0 bridgehead atoms. The molecule has 2 aromatic carbocycles. The number of rotatable bonds is 7. The zero-order chi connectivity index (χ0) is 24.6. The van der Waals surface area contributed by atoms with Gasteiger partial charge in [-0.2, -0.15) is 0 Å². The number of hydrogen-bond donors (Lipinski definition) is 1. The minimum Gasteiger partial charge on any atom is -0.468 e. The fraction of sp³-hybridized carbons (Fsp3) is 0.385. The molecule has 0 aliphatic carbocycles. The fourth-order valence-electron chi connectivity index (χ4n) is 5.26. The first-order valence-electron chi connectivity index (χ1n) is 11.4. The second-order valence-corrected chi connectivity index (χ2v) is 8.87. The molecule has 0 saturated carbocycles. The van der Waals surface area contributed by atoms with E-state index in [1.807, 2.05) is 6.92 Å². The van der Waals surface area contributed by atoms with Crippen LogP contribution in [0.4, 0.5) is 10.1 Å². The topological polar surface area (TPSA) is 92.8 Å². The summed E-state index contributed by atoms with van der Waals surface area (Å²) in [4.78, 5) is 53.7. The lowest BCUT2D eigenvalue weighted by Crippen LogP contribution is -2.56. The van der Waals surface area contributed by atoms with Crippen LogP contribution in [0, 0.1) is 17.7 Å². The van der Waals surface area contributed by atoms with Gasteiger partial charge in [-0.25, -0.2) is 9.29 Å². The van der Waals surface area contributed by atoms with Crippen LogP contribution in [-0.4, -0.2) is 36.2 Å². The zero-order valence-electron chi connectivity index (χ0n) is 19.3. The molecule has 4 atom stereocenters. The summed E-state index contributed by atoms with van der Waals surface area (Å²) in [6, 6.07) is 11.3. The van der Waals surface area contributed by atoms with Crippen molar-refractivity contribution in [3.05, 3.63) is 65.5 Å². The summed E-state index contributed by atoms with van der Waals surface area (Å²) in [6.45, 7) is 3.36. The highest BCUT2D eigenvalue weighted by Gasteiger charge is 2.68. The smallest absolute Gasteiger partial charge is 0.326 e. The van der Waals surface area contributed by atoms with Crippen molar-refractivity contribution in [1.82, 2.24) is 5.32 Å². The van der Waals surface area contributed by atoms with E-state index in [0.29, 0.717) is 17.5 Å². The van der Waals surface area contributed by atoms with E-state index in [9.17, 15) is 23.6 Å². The lowest BCUT2D eigenvalue weighted by Gasteiger charge is -2.32. The SMILES string of the molecule is CCCC[C@@]1(C(=O)OC)N[C@@H](c2cccc(F)c2)[C@H]2C(=O)N(c3cccc(C(C)=O)c3)C(=O)[C@@H]21. The Morgan fingerprint density at radius 2 is 1.85 bits per heavy atom. The Kier molecular flexibility index (Phi) is 6.36. The summed E-state index contributed by atoms with van der Waals surface area (Å²) in [5, 5.41) is 3.23. The number of unbranched alkanes of at least 4 members (excludes halogenated alkanes) is 1. The quantitative estimate of drug-likeness (QED) is 0.381. The molecule has 8 heteroatoms. The number of anilines is 1. The number of hydrogen-bond acceptors (Lipinski definition) is 6. The van der Waals surface area contributed by atoms with Crippen LogP contribution >= 0.6 is 0 Å². The Bertz CT molecular complexity index is 1170. The number of esters is 1. The van der Waals surface area contributed by atoms with Gasteiger partial charge in [0, 0.05) is 11.6 Å². The first-order valence-corrected chi connectivity index (χ1v) is 11.4. The van der Waals surface area contributed by atoms with E-state index >= 15 is 0 Å². The van der Waals surface area contributed by atoms with Crippen LogP contribution < -0.4 is 10.2 Å². The number of amides is 2. The van der Waals surface area contributed by atoms with Gasteiger partial charge in [-0.15, -0.1) is 0 Å². The van der Waals surface area contributed by atoms with E-state index in [4.69, 9.17) is 4.74 Å². The fourth-order valence-corrected chi connectivity index (χ4v) is 5.26. The molecule has 0 unspecified atom stereocenters. The lowest BCUT2D eigenvalue weighted by molar-refractivity contribution is -0.152. The van der Waals surface area contributed by atoms with Crippen LogP contribution in [0.25, 0.3) is 0 Å². The number of benzene rings is 2. The number of nitrogens with zero attached hydrogens (tertiary/aromatic N) is 1. The van der Waals surface area contributed by atoms with Crippen LogP contribution in [0.15, 0.2) is 48.5 Å². The molecular weight excluding hydrogens is 439 g/mol. The predicted molar refractivity (Wildman–Crippen MR) is 122 cm³/mol. The highest BCUT2D eigenvalue weighted by molar-refractivity contribution is 6.24. The summed E-state index contributed by atoms with van der Waals surface area (Å²) < 4.78 is 19.2. The number of methoxy groups -OCH3 is 1. The van der Waals surface area contributed by atoms with Crippen molar-refractivity contribution in [3.8, 4) is 0 Å². The van der Waals surface area contributed by atoms with Gasteiger partial charge in [0.25, 0.3) is 0 Å². The van der Waals surface area contributed by atoms with Gasteiger partial charge in [0.05, 0.1) is 24.6 Å². The molecule has 2 aliphatic heterocycles. The van der Waals surface area contributed by atoms with E-state index in [0.717, 1.165) is 11.3 Å². The number of ketones is 1. The van der Waals surface area contributed by atoms with Crippen LogP contribution in [0.5, 0.6) is 0 Å². The van der Waals surface area contributed by atoms with Crippen molar-refractivity contribution in [3.63, 3.8) is 0 Å². The molecule has 0 spiro atoms. The van der Waals surface area contributed by atoms with Crippen LogP contribution in [-0.2, 0) is 19.1 Å². The van der Waals surface area contributed by atoms with Crippen molar-refractivity contribution in [2.45, 2.75) is 44.7 Å². The van der Waals surface area contributed by atoms with E-state index < -0.39 is 47.0 Å². The molecule has 7 nitrogen and oxygen atoms in total. The van der Waals surface area contributed by atoms with Crippen molar-refractivity contribution in [1.29, 1.82) is 0 Å². The number of nitrogens with one attached hydrogen (secondary N) is 1. The molecule has 2 saturated heterocycles. The van der Waals surface area contributed by atoms with E-state index in [2.05, 4.69) is 5.32 Å². The summed E-state index contributed by atoms with van der Waals surface area (Å²) in [5.74, 6) is -4.33. The second kappa shape index (κ2) is 9.10. The molecule has 2 aromatic rings. The third-order valence-corrected chi connectivity index (χ3v) is 6.85. The largest absolute Gasteiger partial charge is 0.468 e. The van der Waals surface area contributed by atoms with Gasteiger partial charge in [0.15, 0.2) is 5.78 Å². The standard InChI is InChI=1S/C26H27FN2O5/c1-4-5-12-26(25(33)34-3)21-20(22(28-26)17-9-6-10-18(27)13-17)23(31)29(24(21)32)19-11-7-8-16(14-19)15(2)30/h6-11,13-14,20-22,28H,4-5,12H2,1-3H3/t20-,21+,22-,26+/m0/s1. The van der Waals surface area contributed by atoms with Crippen molar-refractivity contribution < 1.29 is 28.3 Å². The van der Waals surface area contributed by atoms with Gasteiger partial charge in [-0.05, 0) is 43.2 Å². The van der Waals surface area contributed by atoms with Crippen LogP contribution in [0.3, 0.4) is 0 Å². The Balaban J connectivity index is 1.87. The molecule has 0 aromatic heterocycles. The van der Waals surface area contributed by atoms with Crippen molar-refractivity contribution in [2.24, 2.45) is 11.8 Å². The lowest BCUT2D eigenvalue weighted by atomic mass is 9.76. The molecule has 2 amide bonds. The Labute approximate surface area is 197 Å². The molecule has 34 heavy (non-hydrogen) atoms. The Morgan fingerprint density at radius 1 is 1.12 bits per heavy atom. The third kappa shape index (κ3) is 3.72. The van der Waals surface area contributed by atoms with Crippen LogP contribution in [0.2, 0.25) is 0 Å². The molecule has 2 heterocycles. The monoisotopic (exact) mass is 466 g/mol.